The number of nitrogens with one attached hydrogen (secondary N) is 3. The van der Waals surface area contributed by atoms with E-state index in [-0.39, 0.29) is 6.54 Å². The zero-order valence-electron chi connectivity index (χ0n) is 19.4. The average Bonchev–Trinajstić information content (AvgIpc) is 3.51. The Labute approximate surface area is 210 Å². The third kappa shape index (κ3) is 4.55. The van der Waals surface area contributed by atoms with Crippen molar-refractivity contribution in [2.75, 3.05) is 6.26 Å². The van der Waals surface area contributed by atoms with Crippen LogP contribution in [0.15, 0.2) is 67.0 Å². The number of pyridine rings is 3. The van der Waals surface area contributed by atoms with Gasteiger partial charge in [-0.25, -0.2) is 27.5 Å². The molecule has 37 heavy (non-hydrogen) atoms. The quantitative estimate of drug-likeness (QED) is 0.307. The lowest BCUT2D eigenvalue weighted by atomic mass is 10.1. The summed E-state index contributed by atoms with van der Waals surface area (Å²) in [5.41, 5.74) is 5.88. The largest absolute Gasteiger partial charge is 0.336 e. The SMILES string of the molecule is CS(=O)(=O)NCc1cc(F)cc(-c2nccc3[nH]c(-c4n[nH]c5ccc(-c6ccccn6)nc45)nc23)c1. The van der Waals surface area contributed by atoms with Gasteiger partial charge in [-0.05, 0) is 54.1 Å². The van der Waals surface area contributed by atoms with Crippen molar-refractivity contribution in [3.63, 3.8) is 0 Å². The van der Waals surface area contributed by atoms with E-state index in [1.54, 1.807) is 24.5 Å². The smallest absolute Gasteiger partial charge is 0.209 e. The summed E-state index contributed by atoms with van der Waals surface area (Å²) in [5.74, 6) is -0.0431. The number of halogens is 1. The second-order valence-electron chi connectivity index (χ2n) is 8.46. The van der Waals surface area contributed by atoms with E-state index in [0.29, 0.717) is 50.6 Å². The van der Waals surface area contributed by atoms with Gasteiger partial charge in [-0.1, -0.05) is 6.07 Å². The molecule has 0 aliphatic heterocycles. The Balaban J connectivity index is 1.44. The molecule has 0 amide bonds. The second-order valence-corrected chi connectivity index (χ2v) is 10.3. The molecule has 5 heterocycles. The second kappa shape index (κ2) is 8.84. The van der Waals surface area contributed by atoms with Crippen molar-refractivity contribution < 1.29 is 12.8 Å². The molecule has 12 heteroatoms. The lowest BCUT2D eigenvalue weighted by Crippen LogP contribution is -2.21. The summed E-state index contributed by atoms with van der Waals surface area (Å²) in [5, 5.41) is 7.41. The Kier molecular flexibility index (Phi) is 5.46. The first-order valence-electron chi connectivity index (χ1n) is 11.2. The van der Waals surface area contributed by atoms with Gasteiger partial charge in [-0.2, -0.15) is 5.10 Å². The Morgan fingerprint density at radius 2 is 1.76 bits per heavy atom. The fourth-order valence-corrected chi connectivity index (χ4v) is 4.51. The minimum Gasteiger partial charge on any atom is -0.336 e. The van der Waals surface area contributed by atoms with Crippen LogP contribution in [0.2, 0.25) is 0 Å². The van der Waals surface area contributed by atoms with Gasteiger partial charge in [0.15, 0.2) is 11.5 Å². The highest BCUT2D eigenvalue weighted by atomic mass is 32.2. The Bertz CT molecular complexity index is 1880. The maximum absolute atomic E-state index is 14.5. The van der Waals surface area contributed by atoms with E-state index >= 15 is 0 Å². The van der Waals surface area contributed by atoms with Gasteiger partial charge in [0, 0.05) is 24.5 Å². The molecule has 184 valence electrons. The molecule has 0 fully saturated rings. The maximum Gasteiger partial charge on any atom is 0.209 e. The fourth-order valence-electron chi connectivity index (χ4n) is 4.08. The number of rotatable bonds is 6. The van der Waals surface area contributed by atoms with Crippen molar-refractivity contribution in [2.45, 2.75) is 6.54 Å². The van der Waals surface area contributed by atoms with Gasteiger partial charge in [0.2, 0.25) is 10.0 Å². The van der Waals surface area contributed by atoms with Crippen molar-refractivity contribution in [3.05, 3.63) is 78.4 Å². The number of hydrogen-bond acceptors (Lipinski definition) is 7. The van der Waals surface area contributed by atoms with Crippen molar-refractivity contribution in [1.82, 2.24) is 39.8 Å². The molecule has 0 spiro atoms. The standard InChI is InChI=1S/C25H19FN8O2S/c1-37(35,36)29-13-14-10-15(12-16(26)11-14)21-22-19(7-9-28-21)31-25(32-22)24-23-20(33-34-24)6-5-18(30-23)17-4-2-3-8-27-17/h2-12,29H,13H2,1H3,(H,31,32)(H,33,34). The van der Waals surface area contributed by atoms with Crippen LogP contribution in [-0.2, 0) is 16.6 Å². The number of hydrogen-bond donors (Lipinski definition) is 3. The van der Waals surface area contributed by atoms with Crippen LogP contribution in [0, 0.1) is 5.82 Å². The van der Waals surface area contributed by atoms with Gasteiger partial charge in [0.05, 0.1) is 34.4 Å². The molecule has 0 atom stereocenters. The van der Waals surface area contributed by atoms with Gasteiger partial charge in [-0.3, -0.25) is 15.1 Å². The summed E-state index contributed by atoms with van der Waals surface area (Å²) in [7, 11) is -3.43. The molecule has 0 radical (unpaired) electrons. The first-order chi connectivity index (χ1) is 17.8. The van der Waals surface area contributed by atoms with Crippen molar-refractivity contribution in [3.8, 4) is 34.2 Å². The highest BCUT2D eigenvalue weighted by Gasteiger charge is 2.18. The number of nitrogens with zero attached hydrogens (tertiary/aromatic N) is 5. The van der Waals surface area contributed by atoms with Crippen LogP contribution < -0.4 is 4.72 Å². The molecule has 0 saturated heterocycles. The van der Waals surface area contributed by atoms with Gasteiger partial charge in [0.1, 0.15) is 16.9 Å². The normalized spacial score (nSPS) is 11.9. The predicted octanol–water partition coefficient (Wildman–Crippen LogP) is 3.81. The molecule has 3 N–H and O–H groups in total. The van der Waals surface area contributed by atoms with Crippen LogP contribution in [-0.4, -0.2) is 49.8 Å². The van der Waals surface area contributed by atoms with Crippen LogP contribution in [0.3, 0.4) is 0 Å². The van der Waals surface area contributed by atoms with E-state index in [4.69, 9.17) is 9.97 Å². The number of imidazole rings is 1. The summed E-state index contributed by atoms with van der Waals surface area (Å²) >= 11 is 0. The third-order valence-corrected chi connectivity index (χ3v) is 6.40. The van der Waals surface area contributed by atoms with Crippen LogP contribution >= 0.6 is 0 Å². The van der Waals surface area contributed by atoms with Crippen molar-refractivity contribution in [1.29, 1.82) is 0 Å². The molecular formula is C25H19FN8O2S. The molecule has 1 aromatic carbocycles. The number of aromatic nitrogens is 7. The Morgan fingerprint density at radius 1 is 0.892 bits per heavy atom. The van der Waals surface area contributed by atoms with Gasteiger partial charge in [0.25, 0.3) is 0 Å². The van der Waals surface area contributed by atoms with Gasteiger partial charge < -0.3 is 4.98 Å². The number of aromatic amines is 2. The van der Waals surface area contributed by atoms with Crippen LogP contribution in [0.5, 0.6) is 0 Å². The molecule has 10 nitrogen and oxygen atoms in total. The van der Waals surface area contributed by atoms with E-state index in [1.807, 2.05) is 30.3 Å². The van der Waals surface area contributed by atoms with E-state index in [1.165, 1.54) is 12.1 Å². The number of H-pyrrole nitrogens is 2. The maximum atomic E-state index is 14.5. The molecule has 0 aliphatic carbocycles. The first kappa shape index (κ1) is 22.9. The number of fused-ring (bicyclic) bond motifs is 2. The monoisotopic (exact) mass is 514 g/mol. The molecule has 5 aromatic heterocycles. The van der Waals surface area contributed by atoms with Crippen LogP contribution in [0.25, 0.3) is 56.2 Å². The number of sulfonamides is 1. The van der Waals surface area contributed by atoms with E-state index in [9.17, 15) is 12.8 Å². The summed E-state index contributed by atoms with van der Waals surface area (Å²) in [4.78, 5) is 21.6. The fraction of sp³-hybridized carbons (Fsp3) is 0.0800. The van der Waals surface area contributed by atoms with E-state index in [2.05, 4.69) is 29.9 Å². The minimum absolute atomic E-state index is 0.0467. The van der Waals surface area contributed by atoms with Gasteiger partial charge in [-0.15, -0.1) is 0 Å². The predicted molar refractivity (Wildman–Crippen MR) is 137 cm³/mol. The Morgan fingerprint density at radius 3 is 2.57 bits per heavy atom. The molecular weight excluding hydrogens is 495 g/mol. The lowest BCUT2D eigenvalue weighted by Gasteiger charge is -2.07. The van der Waals surface area contributed by atoms with Crippen molar-refractivity contribution >= 4 is 32.1 Å². The van der Waals surface area contributed by atoms with Crippen LogP contribution in [0.4, 0.5) is 4.39 Å². The molecule has 0 unspecified atom stereocenters. The number of benzene rings is 1. The molecule has 6 aromatic rings. The third-order valence-electron chi connectivity index (χ3n) is 5.73. The summed E-state index contributed by atoms with van der Waals surface area (Å²) in [6.07, 6.45) is 4.35. The van der Waals surface area contributed by atoms with E-state index in [0.717, 1.165) is 17.5 Å². The zero-order valence-corrected chi connectivity index (χ0v) is 20.2. The topological polar surface area (TPSA) is 142 Å². The summed E-state index contributed by atoms with van der Waals surface area (Å²) < 4.78 is 39.8. The first-order valence-corrected chi connectivity index (χ1v) is 13.1. The molecule has 0 aliphatic rings. The van der Waals surface area contributed by atoms with E-state index < -0.39 is 15.8 Å². The molecule has 0 bridgehead atoms. The summed E-state index contributed by atoms with van der Waals surface area (Å²) in [6, 6.07) is 15.4. The summed E-state index contributed by atoms with van der Waals surface area (Å²) in [6.45, 7) is -0.0467. The highest BCUT2D eigenvalue weighted by molar-refractivity contribution is 7.88. The van der Waals surface area contributed by atoms with Crippen molar-refractivity contribution in [2.24, 2.45) is 0 Å². The molecule has 0 saturated carbocycles. The zero-order chi connectivity index (χ0) is 25.6. The van der Waals surface area contributed by atoms with Gasteiger partial charge >= 0.3 is 0 Å². The lowest BCUT2D eigenvalue weighted by molar-refractivity contribution is 0.586. The minimum atomic E-state index is -3.43. The molecule has 6 rings (SSSR count). The van der Waals surface area contributed by atoms with Crippen LogP contribution in [0.1, 0.15) is 5.56 Å². The average molecular weight is 515 g/mol. The Hall–Kier alpha value is -4.55. The highest BCUT2D eigenvalue weighted by Crippen LogP contribution is 2.31.